The summed E-state index contributed by atoms with van der Waals surface area (Å²) in [6, 6.07) is 16.7. The van der Waals surface area contributed by atoms with Gasteiger partial charge in [0, 0.05) is 41.6 Å². The van der Waals surface area contributed by atoms with Gasteiger partial charge in [-0.15, -0.1) is 0 Å². The molecule has 0 spiro atoms. The molecule has 0 saturated heterocycles. The number of aromatic nitrogens is 3. The second-order valence-corrected chi connectivity index (χ2v) is 8.87. The molecular weight excluding hydrogens is 434 g/mol. The molecule has 3 N–H and O–H groups in total. The lowest BCUT2D eigenvalue weighted by molar-refractivity contribution is -0.122. The van der Waals surface area contributed by atoms with Crippen LogP contribution >= 0.6 is 11.3 Å². The molecular formula is C25H23N5O2S. The van der Waals surface area contributed by atoms with Crippen LogP contribution in [0.25, 0.3) is 26.3 Å². The van der Waals surface area contributed by atoms with E-state index in [0.717, 1.165) is 31.8 Å². The molecule has 0 fully saturated rings. The quantitative estimate of drug-likeness (QED) is 0.344. The Morgan fingerprint density at radius 3 is 2.79 bits per heavy atom. The molecule has 2 aromatic carbocycles. The fraction of sp³-hybridized carbons (Fsp3) is 0.160. The number of carbonyl (C=O) groups is 2. The zero-order chi connectivity index (χ0) is 22.8. The van der Waals surface area contributed by atoms with E-state index in [2.05, 4.69) is 26.7 Å². The van der Waals surface area contributed by atoms with Gasteiger partial charge in [-0.2, -0.15) is 0 Å². The van der Waals surface area contributed by atoms with Crippen LogP contribution in [0, 0.1) is 0 Å². The Morgan fingerprint density at radius 1 is 1.12 bits per heavy atom. The topological polar surface area (TPSA) is 91.8 Å². The van der Waals surface area contributed by atoms with E-state index < -0.39 is 6.04 Å². The Labute approximate surface area is 194 Å². The van der Waals surface area contributed by atoms with Gasteiger partial charge in [0.25, 0.3) is 5.91 Å². The Bertz CT molecular complexity index is 1430. The number of amides is 2. The molecule has 0 radical (unpaired) electrons. The maximum absolute atomic E-state index is 12.7. The van der Waals surface area contributed by atoms with Crippen molar-refractivity contribution >= 4 is 44.3 Å². The molecule has 0 saturated carbocycles. The number of hydrogen-bond donors (Lipinski definition) is 3. The first-order valence-corrected chi connectivity index (χ1v) is 11.6. The highest BCUT2D eigenvalue weighted by atomic mass is 32.1. The van der Waals surface area contributed by atoms with Gasteiger partial charge in [0.15, 0.2) is 5.13 Å². The molecule has 2 amide bonds. The summed E-state index contributed by atoms with van der Waals surface area (Å²) in [5, 5.41) is 7.70. The molecule has 3 aromatic heterocycles. The van der Waals surface area contributed by atoms with Gasteiger partial charge in [0.05, 0.1) is 10.2 Å². The number of aromatic amines is 1. The van der Waals surface area contributed by atoms with E-state index in [1.165, 1.54) is 11.3 Å². The van der Waals surface area contributed by atoms with Crippen molar-refractivity contribution < 1.29 is 9.59 Å². The predicted octanol–water partition coefficient (Wildman–Crippen LogP) is 4.05. The lowest BCUT2D eigenvalue weighted by Crippen LogP contribution is -2.45. The van der Waals surface area contributed by atoms with Gasteiger partial charge in [-0.1, -0.05) is 29.5 Å². The second-order valence-electron chi connectivity index (χ2n) is 7.86. The van der Waals surface area contributed by atoms with Gasteiger partial charge in [-0.25, -0.2) is 4.98 Å². The highest BCUT2D eigenvalue weighted by Gasteiger charge is 2.17. The van der Waals surface area contributed by atoms with Crippen molar-refractivity contribution in [1.82, 2.24) is 25.2 Å². The van der Waals surface area contributed by atoms with Gasteiger partial charge in [-0.05, 0) is 55.3 Å². The summed E-state index contributed by atoms with van der Waals surface area (Å²) in [5.74, 6) is -0.496. The third-order valence-corrected chi connectivity index (χ3v) is 6.61. The van der Waals surface area contributed by atoms with E-state index in [4.69, 9.17) is 0 Å². The zero-order valence-electron chi connectivity index (χ0n) is 18.0. The van der Waals surface area contributed by atoms with Crippen molar-refractivity contribution in [2.45, 2.75) is 19.4 Å². The summed E-state index contributed by atoms with van der Waals surface area (Å²) in [6.07, 6.45) is 6.55. The molecule has 166 valence electrons. The molecule has 0 aliphatic carbocycles. The molecule has 7 nitrogen and oxygen atoms in total. The van der Waals surface area contributed by atoms with E-state index in [9.17, 15) is 9.59 Å². The molecule has 3 heterocycles. The Morgan fingerprint density at radius 2 is 1.94 bits per heavy atom. The summed E-state index contributed by atoms with van der Waals surface area (Å²) in [4.78, 5) is 33.1. The van der Waals surface area contributed by atoms with E-state index in [0.29, 0.717) is 18.5 Å². The number of H-pyrrole nitrogens is 1. The molecule has 5 rings (SSSR count). The lowest BCUT2D eigenvalue weighted by atomic mass is 10.1. The number of nitrogens with one attached hydrogen (secondary N) is 3. The summed E-state index contributed by atoms with van der Waals surface area (Å²) >= 11 is 1.51. The second kappa shape index (κ2) is 8.91. The number of nitrogens with zero attached hydrogens (tertiary/aromatic N) is 2. The first-order chi connectivity index (χ1) is 16.1. The van der Waals surface area contributed by atoms with E-state index in [-0.39, 0.29) is 11.8 Å². The van der Waals surface area contributed by atoms with E-state index in [1.54, 1.807) is 13.0 Å². The maximum Gasteiger partial charge on any atom is 0.251 e. The Kier molecular flexibility index (Phi) is 5.66. The van der Waals surface area contributed by atoms with Gasteiger partial charge in [0.2, 0.25) is 5.91 Å². The van der Waals surface area contributed by atoms with Crippen molar-refractivity contribution in [3.05, 3.63) is 84.3 Å². The van der Waals surface area contributed by atoms with Crippen molar-refractivity contribution in [2.24, 2.45) is 0 Å². The zero-order valence-corrected chi connectivity index (χ0v) is 18.9. The molecule has 0 aliphatic heterocycles. The van der Waals surface area contributed by atoms with Crippen LogP contribution in [0.3, 0.4) is 0 Å². The molecule has 0 unspecified atom stereocenters. The van der Waals surface area contributed by atoms with Crippen LogP contribution in [0.1, 0.15) is 22.8 Å². The smallest absolute Gasteiger partial charge is 0.251 e. The van der Waals surface area contributed by atoms with Crippen molar-refractivity contribution in [3.63, 3.8) is 0 Å². The molecule has 5 aromatic rings. The summed E-state index contributed by atoms with van der Waals surface area (Å²) < 4.78 is 2.86. The SMILES string of the molecule is C[C@@H](NC(=O)c1ccc2nc(-n3cccc3)sc2c1)C(=O)NCCc1c[nH]c2ccccc12. The third-order valence-electron chi connectivity index (χ3n) is 5.57. The first kappa shape index (κ1) is 21.0. The largest absolute Gasteiger partial charge is 0.361 e. The minimum atomic E-state index is -0.645. The van der Waals surface area contributed by atoms with Gasteiger partial charge < -0.3 is 20.2 Å². The minimum absolute atomic E-state index is 0.211. The summed E-state index contributed by atoms with van der Waals surface area (Å²) in [7, 11) is 0. The number of hydrogen-bond acceptors (Lipinski definition) is 4. The van der Waals surface area contributed by atoms with Crippen molar-refractivity contribution in [3.8, 4) is 5.13 Å². The van der Waals surface area contributed by atoms with Crippen LogP contribution in [-0.2, 0) is 11.2 Å². The molecule has 8 heteroatoms. The Balaban J connectivity index is 1.18. The van der Waals surface area contributed by atoms with Gasteiger partial charge in [-0.3, -0.25) is 9.59 Å². The van der Waals surface area contributed by atoms with Crippen LogP contribution in [0.2, 0.25) is 0 Å². The fourth-order valence-corrected chi connectivity index (χ4v) is 4.76. The Hall–Kier alpha value is -3.91. The normalized spacial score (nSPS) is 12.2. The average Bonchev–Trinajstić information content (AvgIpc) is 3.57. The lowest BCUT2D eigenvalue weighted by Gasteiger charge is -2.14. The number of thiazole rings is 1. The highest BCUT2D eigenvalue weighted by molar-refractivity contribution is 7.20. The number of para-hydroxylation sites is 1. The molecule has 0 bridgehead atoms. The highest BCUT2D eigenvalue weighted by Crippen LogP contribution is 2.26. The monoisotopic (exact) mass is 457 g/mol. The predicted molar refractivity (Wildman–Crippen MR) is 131 cm³/mol. The van der Waals surface area contributed by atoms with Gasteiger partial charge >= 0.3 is 0 Å². The molecule has 1 atom stereocenters. The van der Waals surface area contributed by atoms with Crippen LogP contribution in [0.4, 0.5) is 0 Å². The number of benzene rings is 2. The first-order valence-electron chi connectivity index (χ1n) is 10.8. The number of fused-ring (bicyclic) bond motifs is 2. The van der Waals surface area contributed by atoms with E-state index in [1.807, 2.05) is 65.6 Å². The maximum atomic E-state index is 12.7. The fourth-order valence-electron chi connectivity index (χ4n) is 3.78. The standard InChI is InChI=1S/C25H23N5O2S/c1-16(23(31)26-11-10-18-15-27-20-7-3-2-6-19(18)20)28-24(32)17-8-9-21-22(14-17)33-25(29-21)30-12-4-5-13-30/h2-9,12-16,27H,10-11H2,1H3,(H,26,31)(H,28,32)/t16-/m1/s1. The molecule has 33 heavy (non-hydrogen) atoms. The van der Waals surface area contributed by atoms with E-state index >= 15 is 0 Å². The third kappa shape index (κ3) is 4.38. The van der Waals surface area contributed by atoms with Crippen LogP contribution < -0.4 is 10.6 Å². The van der Waals surface area contributed by atoms with Crippen molar-refractivity contribution in [1.29, 1.82) is 0 Å². The summed E-state index contributed by atoms with van der Waals surface area (Å²) in [6.45, 7) is 2.18. The van der Waals surface area contributed by atoms with Crippen LogP contribution in [0.15, 0.2) is 73.2 Å². The number of carbonyl (C=O) groups excluding carboxylic acids is 2. The summed E-state index contributed by atoms with van der Waals surface area (Å²) in [5.41, 5.74) is 3.57. The van der Waals surface area contributed by atoms with Crippen LogP contribution in [0.5, 0.6) is 0 Å². The minimum Gasteiger partial charge on any atom is -0.361 e. The average molecular weight is 458 g/mol. The molecule has 0 aliphatic rings. The van der Waals surface area contributed by atoms with Gasteiger partial charge in [0.1, 0.15) is 6.04 Å². The van der Waals surface area contributed by atoms with Crippen molar-refractivity contribution in [2.75, 3.05) is 6.54 Å². The van der Waals surface area contributed by atoms with Crippen LogP contribution in [-0.4, -0.2) is 38.9 Å². The number of rotatable bonds is 7.